The van der Waals surface area contributed by atoms with Crippen LogP contribution in [0.4, 0.5) is 0 Å². The van der Waals surface area contributed by atoms with Crippen molar-refractivity contribution in [2.24, 2.45) is 0 Å². The van der Waals surface area contributed by atoms with Gasteiger partial charge in [0, 0.05) is 12.5 Å². The largest absolute Gasteiger partial charge is 0.298 e. The van der Waals surface area contributed by atoms with Gasteiger partial charge in [0.25, 0.3) is 0 Å². The first kappa shape index (κ1) is 15.9. The molecule has 0 aliphatic carbocycles. The molecule has 0 radical (unpaired) electrons. The average molecular weight is 309 g/mol. The summed E-state index contributed by atoms with van der Waals surface area (Å²) in [5, 5.41) is 1.93. The summed E-state index contributed by atoms with van der Waals surface area (Å²) in [7, 11) is 0. The number of rotatable bonds is 7. The van der Waals surface area contributed by atoms with E-state index in [9.17, 15) is 4.79 Å². The lowest BCUT2D eigenvalue weighted by molar-refractivity contribution is -0.123. The highest BCUT2D eigenvalue weighted by molar-refractivity contribution is 5.93. The Morgan fingerprint density at radius 3 is 1.96 bits per heavy atom. The molecule has 0 bridgehead atoms. The number of carbonyl (C=O) groups is 1. The minimum atomic E-state index is -0.622. The van der Waals surface area contributed by atoms with E-state index in [1.165, 1.54) is 0 Å². The summed E-state index contributed by atoms with van der Waals surface area (Å²) in [6.45, 7) is 4.72. The first-order chi connectivity index (χ1) is 11.2. The third-order valence-corrected chi connectivity index (χ3v) is 4.70. The quantitative estimate of drug-likeness (QED) is 0.726. The zero-order chi connectivity index (χ0) is 16.3. The highest BCUT2D eigenvalue weighted by Gasteiger charge is 2.44. The van der Waals surface area contributed by atoms with E-state index < -0.39 is 5.41 Å². The topological polar surface area (TPSA) is 32.6 Å². The van der Waals surface area contributed by atoms with E-state index in [-0.39, 0.29) is 11.8 Å². The Bertz CT molecular complexity index is 610. The molecule has 1 saturated heterocycles. The molecule has 2 atom stereocenters. The SMILES string of the molecule is CCC(=O)C(CC(C)N1CO1)(c1ccccc1)c1ccccc1. The maximum absolute atomic E-state index is 13.2. The predicted octanol–water partition coefficient (Wildman–Crippen LogP) is 3.94. The third kappa shape index (κ3) is 3.07. The molecule has 120 valence electrons. The first-order valence-electron chi connectivity index (χ1n) is 8.22. The molecule has 2 aromatic rings. The number of carbonyl (C=O) groups excluding carboxylic acids is 1. The van der Waals surface area contributed by atoms with Gasteiger partial charge >= 0.3 is 0 Å². The molecule has 1 aliphatic rings. The van der Waals surface area contributed by atoms with E-state index in [0.717, 1.165) is 11.1 Å². The van der Waals surface area contributed by atoms with Crippen LogP contribution in [0, 0.1) is 0 Å². The van der Waals surface area contributed by atoms with E-state index in [0.29, 0.717) is 19.6 Å². The average Bonchev–Trinajstić information content (AvgIpc) is 3.45. The summed E-state index contributed by atoms with van der Waals surface area (Å²) in [5.74, 6) is 0.253. The number of hydrogen-bond acceptors (Lipinski definition) is 3. The lowest BCUT2D eigenvalue weighted by Gasteiger charge is -2.35. The molecule has 23 heavy (non-hydrogen) atoms. The monoisotopic (exact) mass is 309 g/mol. The summed E-state index contributed by atoms with van der Waals surface area (Å²) in [5.41, 5.74) is 1.50. The lowest BCUT2D eigenvalue weighted by atomic mass is 9.67. The zero-order valence-corrected chi connectivity index (χ0v) is 13.7. The number of hydroxylamine groups is 2. The van der Waals surface area contributed by atoms with Gasteiger partial charge in [0.2, 0.25) is 0 Å². The fourth-order valence-electron chi connectivity index (χ4n) is 3.42. The smallest absolute Gasteiger partial charge is 0.147 e. The Labute approximate surface area is 137 Å². The van der Waals surface area contributed by atoms with Crippen molar-refractivity contribution in [2.45, 2.75) is 38.1 Å². The van der Waals surface area contributed by atoms with Gasteiger partial charge in [-0.15, -0.1) is 0 Å². The maximum Gasteiger partial charge on any atom is 0.147 e. The van der Waals surface area contributed by atoms with Crippen molar-refractivity contribution >= 4 is 5.78 Å². The van der Waals surface area contributed by atoms with E-state index >= 15 is 0 Å². The summed E-state index contributed by atoms with van der Waals surface area (Å²) < 4.78 is 0. The molecule has 3 nitrogen and oxygen atoms in total. The summed E-state index contributed by atoms with van der Waals surface area (Å²) in [6.07, 6.45) is 1.23. The van der Waals surface area contributed by atoms with Crippen LogP contribution in [-0.4, -0.2) is 23.6 Å². The van der Waals surface area contributed by atoms with Crippen LogP contribution in [0.2, 0.25) is 0 Å². The standard InChI is InChI=1S/C20H23NO2/c1-3-19(22)20(14-16(2)21-15-23-21,17-10-6-4-7-11-17)18-12-8-5-9-13-18/h4-13,16H,3,14-15H2,1-2H3. The van der Waals surface area contributed by atoms with Crippen molar-refractivity contribution in [1.82, 2.24) is 5.06 Å². The summed E-state index contributed by atoms with van der Waals surface area (Å²) >= 11 is 0. The van der Waals surface area contributed by atoms with Crippen molar-refractivity contribution in [1.29, 1.82) is 0 Å². The molecule has 0 amide bonds. The second-order valence-corrected chi connectivity index (χ2v) is 6.14. The van der Waals surface area contributed by atoms with Gasteiger partial charge in [-0.3, -0.25) is 9.63 Å². The van der Waals surface area contributed by atoms with Crippen LogP contribution < -0.4 is 0 Å². The number of nitrogens with zero attached hydrogens (tertiary/aromatic N) is 1. The second kappa shape index (κ2) is 6.65. The van der Waals surface area contributed by atoms with Crippen LogP contribution in [0.15, 0.2) is 60.7 Å². The van der Waals surface area contributed by atoms with E-state index in [4.69, 9.17) is 4.84 Å². The van der Waals surface area contributed by atoms with Gasteiger partial charge in [0.15, 0.2) is 0 Å². The molecule has 1 heterocycles. The van der Waals surface area contributed by atoms with Gasteiger partial charge < -0.3 is 0 Å². The van der Waals surface area contributed by atoms with Gasteiger partial charge in [0.05, 0.1) is 5.41 Å². The van der Waals surface area contributed by atoms with Crippen LogP contribution in [0.1, 0.15) is 37.8 Å². The van der Waals surface area contributed by atoms with Crippen LogP contribution in [0.3, 0.4) is 0 Å². The molecule has 2 aromatic carbocycles. The van der Waals surface area contributed by atoms with Gasteiger partial charge in [-0.05, 0) is 24.5 Å². The third-order valence-electron chi connectivity index (χ3n) is 4.70. The van der Waals surface area contributed by atoms with Crippen LogP contribution in [0.5, 0.6) is 0 Å². The highest BCUT2D eigenvalue weighted by atomic mass is 16.8. The Morgan fingerprint density at radius 1 is 1.09 bits per heavy atom. The van der Waals surface area contributed by atoms with Gasteiger partial charge in [-0.25, -0.2) is 0 Å². The summed E-state index contributed by atoms with van der Waals surface area (Å²) in [6, 6.07) is 20.5. The summed E-state index contributed by atoms with van der Waals surface area (Å²) in [4.78, 5) is 18.5. The number of hydrogen-bond donors (Lipinski definition) is 0. The molecule has 0 aromatic heterocycles. The normalized spacial score (nSPS) is 18.4. The van der Waals surface area contributed by atoms with Crippen molar-refractivity contribution in [3.63, 3.8) is 0 Å². The Balaban J connectivity index is 2.14. The Morgan fingerprint density at radius 2 is 1.57 bits per heavy atom. The molecule has 3 rings (SSSR count). The number of Topliss-reactive ketones (excluding diaryl/α,β-unsaturated/α-hetero) is 1. The van der Waals surface area contributed by atoms with Crippen LogP contribution >= 0.6 is 0 Å². The van der Waals surface area contributed by atoms with Crippen LogP contribution in [-0.2, 0) is 15.0 Å². The van der Waals surface area contributed by atoms with Gasteiger partial charge in [0.1, 0.15) is 12.5 Å². The van der Waals surface area contributed by atoms with Crippen LogP contribution in [0.25, 0.3) is 0 Å². The number of benzene rings is 2. The molecule has 0 spiro atoms. The predicted molar refractivity (Wildman–Crippen MR) is 90.8 cm³/mol. The van der Waals surface area contributed by atoms with Gasteiger partial charge in [-0.1, -0.05) is 67.6 Å². The first-order valence-corrected chi connectivity index (χ1v) is 8.22. The fourth-order valence-corrected chi connectivity index (χ4v) is 3.42. The van der Waals surface area contributed by atoms with E-state index in [1.807, 2.05) is 48.4 Å². The van der Waals surface area contributed by atoms with E-state index in [1.54, 1.807) is 0 Å². The molecule has 0 saturated carbocycles. The molecular weight excluding hydrogens is 286 g/mol. The fraction of sp³-hybridized carbons (Fsp3) is 0.350. The Hall–Kier alpha value is -1.97. The Kier molecular flexibility index (Phi) is 4.60. The minimum Gasteiger partial charge on any atom is -0.298 e. The lowest BCUT2D eigenvalue weighted by Crippen LogP contribution is -2.41. The van der Waals surface area contributed by atoms with E-state index in [2.05, 4.69) is 31.2 Å². The van der Waals surface area contributed by atoms with Crippen molar-refractivity contribution in [3.05, 3.63) is 71.8 Å². The second-order valence-electron chi connectivity index (χ2n) is 6.14. The number of ketones is 1. The molecule has 0 N–H and O–H groups in total. The molecular formula is C20H23NO2. The van der Waals surface area contributed by atoms with Gasteiger partial charge in [-0.2, -0.15) is 5.06 Å². The zero-order valence-electron chi connectivity index (χ0n) is 13.7. The van der Waals surface area contributed by atoms with Crippen molar-refractivity contribution in [3.8, 4) is 0 Å². The molecule has 3 heteroatoms. The molecule has 2 unspecified atom stereocenters. The van der Waals surface area contributed by atoms with Crippen molar-refractivity contribution < 1.29 is 9.63 Å². The molecule has 1 aliphatic heterocycles. The van der Waals surface area contributed by atoms with Crippen molar-refractivity contribution in [2.75, 3.05) is 6.73 Å². The highest BCUT2D eigenvalue weighted by Crippen LogP contribution is 2.40. The maximum atomic E-state index is 13.2. The molecule has 1 fully saturated rings. The minimum absolute atomic E-state index is 0.186.